The minimum absolute atomic E-state index is 0.110. The van der Waals surface area contributed by atoms with Crippen LogP contribution in [0, 0.1) is 0 Å². The molecule has 0 bridgehead atoms. The van der Waals surface area contributed by atoms with Gasteiger partial charge in [-0.3, -0.25) is 14.2 Å². The summed E-state index contributed by atoms with van der Waals surface area (Å²) in [5, 5.41) is 12.8. The molecule has 0 unspecified atom stereocenters. The molecule has 3 rings (SSSR count). The van der Waals surface area contributed by atoms with E-state index in [0.29, 0.717) is 24.1 Å². The van der Waals surface area contributed by atoms with Crippen LogP contribution in [0.3, 0.4) is 0 Å². The number of aromatic amines is 1. The molecule has 2 N–H and O–H groups in total. The maximum absolute atomic E-state index is 12.0. The van der Waals surface area contributed by atoms with Gasteiger partial charge in [-0.05, 0) is 13.0 Å². The molecule has 0 radical (unpaired) electrons. The number of carbonyl (C=O) groups is 2. The summed E-state index contributed by atoms with van der Waals surface area (Å²) in [6.07, 6.45) is 1.90. The Kier molecular flexibility index (Phi) is 7.25. The maximum atomic E-state index is 12.0. The van der Waals surface area contributed by atoms with Crippen molar-refractivity contribution in [2.45, 2.75) is 18.6 Å². The van der Waals surface area contributed by atoms with E-state index in [2.05, 4.69) is 20.5 Å². The summed E-state index contributed by atoms with van der Waals surface area (Å²) >= 11 is 1.25. The Morgan fingerprint density at radius 3 is 2.90 bits per heavy atom. The summed E-state index contributed by atoms with van der Waals surface area (Å²) in [6, 6.07) is 7.96. The van der Waals surface area contributed by atoms with Gasteiger partial charge < -0.3 is 19.8 Å². The molecule has 154 valence electrons. The van der Waals surface area contributed by atoms with Crippen molar-refractivity contribution in [1.82, 2.24) is 25.1 Å². The van der Waals surface area contributed by atoms with E-state index in [1.54, 1.807) is 14.0 Å². The van der Waals surface area contributed by atoms with Crippen LogP contribution in [-0.4, -0.2) is 64.2 Å². The molecule has 29 heavy (non-hydrogen) atoms. The monoisotopic (exact) mass is 417 g/mol. The molecule has 2 aromatic heterocycles. The van der Waals surface area contributed by atoms with Gasteiger partial charge in [0.25, 0.3) is 0 Å². The normalized spacial score (nSPS) is 11.0. The molecule has 0 atom stereocenters. The average Bonchev–Trinajstić information content (AvgIpc) is 3.32. The van der Waals surface area contributed by atoms with E-state index in [1.807, 2.05) is 35.0 Å². The highest BCUT2D eigenvalue weighted by Crippen LogP contribution is 2.29. The Bertz CT molecular complexity index is 984. The van der Waals surface area contributed by atoms with Gasteiger partial charge in [0.15, 0.2) is 11.0 Å². The van der Waals surface area contributed by atoms with Crippen LogP contribution in [0.15, 0.2) is 35.6 Å². The summed E-state index contributed by atoms with van der Waals surface area (Å²) in [6.45, 7) is 2.88. The van der Waals surface area contributed by atoms with Gasteiger partial charge in [0.05, 0.1) is 25.5 Å². The number of amides is 1. The predicted molar refractivity (Wildman–Crippen MR) is 110 cm³/mol. The molecule has 1 aromatic carbocycles. The van der Waals surface area contributed by atoms with E-state index < -0.39 is 5.97 Å². The van der Waals surface area contributed by atoms with E-state index in [-0.39, 0.29) is 24.8 Å². The number of carbonyl (C=O) groups excluding carboxylic acids is 2. The highest BCUT2D eigenvalue weighted by atomic mass is 32.2. The number of hydrogen-bond acceptors (Lipinski definition) is 7. The van der Waals surface area contributed by atoms with Gasteiger partial charge in [-0.25, -0.2) is 0 Å². The Balaban J connectivity index is 1.74. The van der Waals surface area contributed by atoms with Gasteiger partial charge in [-0.1, -0.05) is 30.0 Å². The van der Waals surface area contributed by atoms with Crippen LogP contribution >= 0.6 is 11.8 Å². The number of ether oxygens (including phenoxy) is 2. The third kappa shape index (κ3) is 5.15. The number of thioether (sulfide) groups is 1. The van der Waals surface area contributed by atoms with Crippen molar-refractivity contribution in [1.29, 1.82) is 0 Å². The number of aromatic nitrogens is 4. The first kappa shape index (κ1) is 20.9. The molecule has 0 fully saturated rings. The van der Waals surface area contributed by atoms with E-state index >= 15 is 0 Å². The van der Waals surface area contributed by atoms with Crippen molar-refractivity contribution in [3.63, 3.8) is 0 Å². The van der Waals surface area contributed by atoms with Crippen molar-refractivity contribution in [3.05, 3.63) is 30.5 Å². The zero-order valence-electron chi connectivity index (χ0n) is 16.3. The number of benzene rings is 1. The fraction of sp³-hybridized carbons (Fsp3) is 0.368. The van der Waals surface area contributed by atoms with E-state index in [9.17, 15) is 9.59 Å². The average molecular weight is 417 g/mol. The van der Waals surface area contributed by atoms with Crippen LogP contribution in [0.2, 0.25) is 0 Å². The fourth-order valence-electron chi connectivity index (χ4n) is 2.80. The molecule has 0 aliphatic heterocycles. The lowest BCUT2D eigenvalue weighted by Crippen LogP contribution is -2.31. The highest BCUT2D eigenvalue weighted by Gasteiger charge is 2.18. The molecular weight excluding hydrogens is 394 g/mol. The lowest BCUT2D eigenvalue weighted by molar-refractivity contribution is -0.143. The van der Waals surface area contributed by atoms with E-state index in [0.717, 1.165) is 16.5 Å². The van der Waals surface area contributed by atoms with Crippen LogP contribution < -0.4 is 5.32 Å². The van der Waals surface area contributed by atoms with E-state index in [4.69, 9.17) is 9.47 Å². The molecule has 9 nitrogen and oxygen atoms in total. The largest absolute Gasteiger partial charge is 0.465 e. The first-order valence-corrected chi connectivity index (χ1v) is 10.2. The number of esters is 1. The first-order valence-electron chi connectivity index (χ1n) is 9.17. The Morgan fingerprint density at radius 1 is 1.28 bits per heavy atom. The minimum atomic E-state index is -0.462. The first-order chi connectivity index (χ1) is 14.1. The number of para-hydroxylation sites is 1. The van der Waals surface area contributed by atoms with Gasteiger partial charge in [0.2, 0.25) is 5.91 Å². The fourth-order valence-corrected chi connectivity index (χ4v) is 3.59. The number of hydrogen-bond donors (Lipinski definition) is 2. The zero-order valence-corrected chi connectivity index (χ0v) is 17.1. The third-order valence-electron chi connectivity index (χ3n) is 4.13. The number of H-pyrrole nitrogens is 1. The Hall–Kier alpha value is -2.85. The molecule has 10 heteroatoms. The summed E-state index contributed by atoms with van der Waals surface area (Å²) in [7, 11) is 1.63. The van der Waals surface area contributed by atoms with Crippen LogP contribution in [0.4, 0.5) is 0 Å². The zero-order chi connectivity index (χ0) is 20.6. The number of nitrogens with one attached hydrogen (secondary N) is 2. The van der Waals surface area contributed by atoms with E-state index in [1.165, 1.54) is 11.8 Å². The highest BCUT2D eigenvalue weighted by molar-refractivity contribution is 7.99. The van der Waals surface area contributed by atoms with Crippen molar-refractivity contribution in [3.8, 4) is 11.4 Å². The molecule has 0 spiro atoms. The van der Waals surface area contributed by atoms with Gasteiger partial charge in [-0.15, -0.1) is 10.2 Å². The van der Waals surface area contributed by atoms with Crippen molar-refractivity contribution in [2.24, 2.45) is 0 Å². The smallest absolute Gasteiger partial charge is 0.325 e. The van der Waals surface area contributed by atoms with Gasteiger partial charge in [0.1, 0.15) is 6.54 Å². The van der Waals surface area contributed by atoms with Crippen LogP contribution in [0.5, 0.6) is 0 Å². The Morgan fingerprint density at radius 2 is 2.10 bits per heavy atom. The molecule has 1 amide bonds. The Labute approximate surface area is 172 Å². The lowest BCUT2D eigenvalue weighted by Gasteiger charge is -2.09. The van der Waals surface area contributed by atoms with Crippen LogP contribution in [0.1, 0.15) is 6.92 Å². The lowest BCUT2D eigenvalue weighted by atomic mass is 10.1. The molecule has 3 aromatic rings. The maximum Gasteiger partial charge on any atom is 0.325 e. The quantitative estimate of drug-likeness (QED) is 0.382. The molecular formula is C19H23N5O4S. The topological polar surface area (TPSA) is 111 Å². The van der Waals surface area contributed by atoms with Crippen molar-refractivity contribution < 1.29 is 19.1 Å². The molecule has 0 saturated carbocycles. The summed E-state index contributed by atoms with van der Waals surface area (Å²) in [5.41, 5.74) is 1.94. The third-order valence-corrected chi connectivity index (χ3v) is 5.10. The standard InChI is InChI=1S/C19H23N5O4S/c1-3-28-17(26)11-21-16(25)12-29-19-23-22-18(24(19)8-9-27-2)14-10-20-15-7-5-4-6-13(14)15/h4-7,10,20H,3,8-9,11-12H2,1-2H3,(H,21,25). The van der Waals surface area contributed by atoms with Crippen molar-refractivity contribution >= 4 is 34.5 Å². The second-order valence-electron chi connectivity index (χ2n) is 6.07. The minimum Gasteiger partial charge on any atom is -0.465 e. The molecule has 0 aliphatic rings. The number of rotatable bonds is 10. The number of methoxy groups -OCH3 is 1. The predicted octanol–water partition coefficient (Wildman–Crippen LogP) is 1.84. The van der Waals surface area contributed by atoms with Gasteiger partial charge in [0, 0.05) is 29.8 Å². The summed E-state index contributed by atoms with van der Waals surface area (Å²) < 4.78 is 11.9. The van der Waals surface area contributed by atoms with Crippen LogP contribution in [-0.2, 0) is 25.6 Å². The van der Waals surface area contributed by atoms with Crippen molar-refractivity contribution in [2.75, 3.05) is 32.6 Å². The SMILES string of the molecule is CCOC(=O)CNC(=O)CSc1nnc(-c2c[nH]c3ccccc23)n1CCOC. The molecule has 0 aliphatic carbocycles. The summed E-state index contributed by atoms with van der Waals surface area (Å²) in [4.78, 5) is 26.6. The van der Waals surface area contributed by atoms with Gasteiger partial charge >= 0.3 is 5.97 Å². The van der Waals surface area contributed by atoms with Gasteiger partial charge in [-0.2, -0.15) is 0 Å². The van der Waals surface area contributed by atoms with Crippen LogP contribution in [0.25, 0.3) is 22.3 Å². The number of fused-ring (bicyclic) bond motifs is 1. The second kappa shape index (κ2) is 10.1. The summed E-state index contributed by atoms with van der Waals surface area (Å²) in [5.74, 6) is 0.0703. The molecule has 0 saturated heterocycles. The second-order valence-corrected chi connectivity index (χ2v) is 7.01. The molecule has 2 heterocycles. The number of nitrogens with zero attached hydrogens (tertiary/aromatic N) is 3.